The molecule has 0 saturated carbocycles. The maximum absolute atomic E-state index is 11.7. The van der Waals surface area contributed by atoms with Crippen molar-refractivity contribution in [3.05, 3.63) is 53.1 Å². The number of anilines is 1. The van der Waals surface area contributed by atoms with Gasteiger partial charge >= 0.3 is 0 Å². The minimum atomic E-state index is -1.18. The van der Waals surface area contributed by atoms with Crippen LogP contribution in [0.4, 0.5) is 5.69 Å². The summed E-state index contributed by atoms with van der Waals surface area (Å²) < 4.78 is 10.9. The predicted octanol–water partition coefficient (Wildman–Crippen LogP) is 3.15. The van der Waals surface area contributed by atoms with Crippen molar-refractivity contribution >= 4 is 5.69 Å². The molecule has 0 aliphatic carbocycles. The van der Waals surface area contributed by atoms with Gasteiger partial charge < -0.3 is 24.6 Å². The van der Waals surface area contributed by atoms with Gasteiger partial charge in [-0.25, -0.2) is 0 Å². The van der Waals surface area contributed by atoms with Crippen LogP contribution in [0.25, 0.3) is 0 Å². The fourth-order valence-corrected chi connectivity index (χ4v) is 4.03. The Morgan fingerprint density at radius 2 is 1.85 bits per heavy atom. The van der Waals surface area contributed by atoms with Crippen LogP contribution in [0.15, 0.2) is 36.4 Å². The topological polar surface area (TPSA) is 62.2 Å². The molecule has 2 aliphatic rings. The van der Waals surface area contributed by atoms with Crippen LogP contribution in [0.1, 0.15) is 42.9 Å². The number of benzene rings is 2. The number of rotatable bonds is 6. The Morgan fingerprint density at radius 3 is 2.62 bits per heavy atom. The molecule has 0 aromatic heterocycles. The van der Waals surface area contributed by atoms with Gasteiger partial charge in [0.15, 0.2) is 11.5 Å². The normalized spacial score (nSPS) is 20.5. The van der Waals surface area contributed by atoms with E-state index in [1.807, 2.05) is 24.3 Å². The molecule has 0 saturated heterocycles. The van der Waals surface area contributed by atoms with Gasteiger partial charge in [0.2, 0.25) is 6.79 Å². The number of hydrogen-bond donors (Lipinski definition) is 2. The summed E-state index contributed by atoms with van der Waals surface area (Å²) in [5.41, 5.74) is 2.12. The van der Waals surface area contributed by atoms with E-state index in [0.717, 1.165) is 30.6 Å². The number of β-amino-alcohol motifs (C(OH)–C–C–N with tert-alkyl or cyclic N) is 1. The average molecular weight is 355 g/mol. The first-order valence-corrected chi connectivity index (χ1v) is 9.28. The van der Waals surface area contributed by atoms with E-state index < -0.39 is 5.60 Å². The largest absolute Gasteiger partial charge is 0.454 e. The predicted molar refractivity (Wildman–Crippen MR) is 99.7 cm³/mol. The maximum Gasteiger partial charge on any atom is 0.231 e. The number of para-hydroxylation sites is 1. The van der Waals surface area contributed by atoms with Crippen molar-refractivity contribution in [2.75, 3.05) is 24.8 Å². The molecule has 0 fully saturated rings. The zero-order valence-corrected chi connectivity index (χ0v) is 15.1. The minimum absolute atomic E-state index is 0.160. The van der Waals surface area contributed by atoms with E-state index in [1.54, 1.807) is 6.07 Å². The third kappa shape index (κ3) is 2.72. The molecule has 0 bridgehead atoms. The zero-order chi connectivity index (χ0) is 18.1. The highest BCUT2D eigenvalue weighted by Gasteiger charge is 2.44. The number of fused-ring (bicyclic) bond motifs is 2. The molecule has 2 aromatic rings. The lowest BCUT2D eigenvalue weighted by molar-refractivity contribution is 0.0948. The Balaban J connectivity index is 1.76. The fourth-order valence-electron chi connectivity index (χ4n) is 4.03. The molecule has 5 nitrogen and oxygen atoms in total. The van der Waals surface area contributed by atoms with Crippen LogP contribution >= 0.6 is 0 Å². The monoisotopic (exact) mass is 355 g/mol. The number of hydrogen-bond acceptors (Lipinski definition) is 5. The van der Waals surface area contributed by atoms with Crippen molar-refractivity contribution in [3.8, 4) is 11.5 Å². The number of ether oxygens (including phenoxy) is 2. The molecule has 0 amide bonds. The molecule has 2 heterocycles. The number of aliphatic hydroxyl groups is 2. The van der Waals surface area contributed by atoms with Gasteiger partial charge in [0.05, 0.1) is 13.2 Å². The highest BCUT2D eigenvalue weighted by Crippen LogP contribution is 2.47. The summed E-state index contributed by atoms with van der Waals surface area (Å²) in [7, 11) is 0. The smallest absolute Gasteiger partial charge is 0.231 e. The lowest BCUT2D eigenvalue weighted by atomic mass is 9.85. The molecular weight excluding hydrogens is 330 g/mol. The quantitative estimate of drug-likeness (QED) is 0.780. The average Bonchev–Trinajstić information content (AvgIpc) is 3.24. The summed E-state index contributed by atoms with van der Waals surface area (Å²) in [6, 6.07) is 11.6. The highest BCUT2D eigenvalue weighted by molar-refractivity contribution is 5.66. The van der Waals surface area contributed by atoms with Crippen LogP contribution < -0.4 is 14.4 Å². The Bertz CT molecular complexity index is 807. The Hall–Kier alpha value is -2.24. The molecule has 1 atom stereocenters. The van der Waals surface area contributed by atoms with Gasteiger partial charge in [-0.05, 0) is 35.7 Å². The first kappa shape index (κ1) is 17.2. The molecule has 0 radical (unpaired) electrons. The summed E-state index contributed by atoms with van der Waals surface area (Å²) in [5.74, 6) is 1.24. The molecule has 138 valence electrons. The minimum Gasteiger partial charge on any atom is -0.454 e. The molecule has 26 heavy (non-hydrogen) atoms. The van der Waals surface area contributed by atoms with E-state index >= 15 is 0 Å². The standard InChI is InChI=1S/C21H25NO4/c1-2-3-6-9-22-13-21(24,16-7-4-5-8-18(16)22)17-11-20-19(25-14-26-20)10-15(17)12-23/h4-5,7-8,10-11,23-24H,2-3,6,9,12-14H2,1H3. The SMILES string of the molecule is CCCCCN1CC(O)(c2cc3c(cc2CO)OCO3)c2ccccc21. The molecule has 4 rings (SSSR count). The van der Waals surface area contributed by atoms with Crippen LogP contribution in [0.3, 0.4) is 0 Å². The lowest BCUT2D eigenvalue weighted by Gasteiger charge is -2.28. The van der Waals surface area contributed by atoms with Crippen molar-refractivity contribution in [2.45, 2.75) is 38.4 Å². The van der Waals surface area contributed by atoms with Crippen LogP contribution in [-0.4, -0.2) is 30.1 Å². The van der Waals surface area contributed by atoms with Gasteiger partial charge in [0.1, 0.15) is 5.60 Å². The summed E-state index contributed by atoms with van der Waals surface area (Å²) in [4.78, 5) is 2.25. The van der Waals surface area contributed by atoms with Crippen molar-refractivity contribution < 1.29 is 19.7 Å². The second-order valence-electron chi connectivity index (χ2n) is 7.03. The molecule has 1 unspecified atom stereocenters. The number of nitrogens with zero attached hydrogens (tertiary/aromatic N) is 1. The van der Waals surface area contributed by atoms with E-state index in [1.165, 1.54) is 6.42 Å². The second kappa shape index (κ2) is 6.82. The third-order valence-electron chi connectivity index (χ3n) is 5.36. The number of aliphatic hydroxyl groups excluding tert-OH is 1. The van der Waals surface area contributed by atoms with Crippen molar-refractivity contribution in [1.29, 1.82) is 0 Å². The molecule has 5 heteroatoms. The summed E-state index contributed by atoms with van der Waals surface area (Å²) in [6.07, 6.45) is 3.43. The first-order chi connectivity index (χ1) is 12.7. The van der Waals surface area contributed by atoms with E-state index in [0.29, 0.717) is 29.2 Å². The van der Waals surface area contributed by atoms with E-state index in [2.05, 4.69) is 17.9 Å². The van der Waals surface area contributed by atoms with E-state index in [-0.39, 0.29) is 13.4 Å². The maximum atomic E-state index is 11.7. The van der Waals surface area contributed by atoms with Gasteiger partial charge in [-0.2, -0.15) is 0 Å². The van der Waals surface area contributed by atoms with Crippen LogP contribution in [-0.2, 0) is 12.2 Å². The van der Waals surface area contributed by atoms with Gasteiger partial charge in [-0.15, -0.1) is 0 Å². The van der Waals surface area contributed by atoms with E-state index in [4.69, 9.17) is 9.47 Å². The third-order valence-corrected chi connectivity index (χ3v) is 5.36. The fraction of sp³-hybridized carbons (Fsp3) is 0.429. The summed E-state index contributed by atoms with van der Waals surface area (Å²) in [5, 5.41) is 21.6. The molecule has 2 N–H and O–H groups in total. The molecule has 2 aromatic carbocycles. The van der Waals surface area contributed by atoms with Crippen molar-refractivity contribution in [2.24, 2.45) is 0 Å². The Labute approximate surface area is 153 Å². The van der Waals surface area contributed by atoms with Crippen molar-refractivity contribution in [3.63, 3.8) is 0 Å². The summed E-state index contributed by atoms with van der Waals surface area (Å²) in [6.45, 7) is 3.58. The molecule has 0 spiro atoms. The molecule has 2 aliphatic heterocycles. The Kier molecular flexibility index (Phi) is 4.51. The van der Waals surface area contributed by atoms with Crippen molar-refractivity contribution in [1.82, 2.24) is 0 Å². The molecular formula is C21H25NO4. The van der Waals surface area contributed by atoms with Gasteiger partial charge in [-0.1, -0.05) is 38.0 Å². The van der Waals surface area contributed by atoms with Crippen LogP contribution in [0.5, 0.6) is 11.5 Å². The first-order valence-electron chi connectivity index (χ1n) is 9.28. The second-order valence-corrected chi connectivity index (χ2v) is 7.03. The lowest BCUT2D eigenvalue weighted by Crippen LogP contribution is -2.35. The van der Waals surface area contributed by atoms with Gasteiger partial charge in [0.25, 0.3) is 0 Å². The van der Waals surface area contributed by atoms with Crippen LogP contribution in [0.2, 0.25) is 0 Å². The van der Waals surface area contributed by atoms with Gasteiger partial charge in [0, 0.05) is 17.8 Å². The van der Waals surface area contributed by atoms with Gasteiger partial charge in [-0.3, -0.25) is 0 Å². The Morgan fingerprint density at radius 1 is 1.08 bits per heavy atom. The van der Waals surface area contributed by atoms with E-state index in [9.17, 15) is 10.2 Å². The summed E-state index contributed by atoms with van der Waals surface area (Å²) >= 11 is 0. The number of unbranched alkanes of at least 4 members (excludes halogenated alkanes) is 2. The van der Waals surface area contributed by atoms with Crippen LogP contribution in [0, 0.1) is 0 Å². The highest BCUT2D eigenvalue weighted by atomic mass is 16.7. The zero-order valence-electron chi connectivity index (χ0n) is 15.1.